The van der Waals surface area contributed by atoms with Crippen molar-refractivity contribution >= 4 is 27.3 Å². The number of hydrogen-bond acceptors (Lipinski definition) is 3. The number of halogens is 1. The second-order valence-corrected chi connectivity index (χ2v) is 4.79. The Morgan fingerprint density at radius 1 is 1.57 bits per heavy atom. The SMILES string of the molecule is NCc1cn(Cc2sccc2Br)cn1. The summed E-state index contributed by atoms with van der Waals surface area (Å²) in [4.78, 5) is 5.47. The third-order valence-corrected chi connectivity index (χ3v) is 3.82. The molecule has 74 valence electrons. The molecule has 0 spiro atoms. The molecular formula is C9H10BrN3S. The number of aromatic nitrogens is 2. The van der Waals surface area contributed by atoms with Gasteiger partial charge >= 0.3 is 0 Å². The first-order valence-electron chi connectivity index (χ1n) is 4.22. The molecule has 3 nitrogen and oxygen atoms in total. The van der Waals surface area contributed by atoms with Crippen molar-refractivity contribution in [2.45, 2.75) is 13.1 Å². The van der Waals surface area contributed by atoms with Gasteiger partial charge in [-0.25, -0.2) is 4.98 Å². The molecule has 0 saturated heterocycles. The second-order valence-electron chi connectivity index (χ2n) is 2.93. The monoisotopic (exact) mass is 271 g/mol. The van der Waals surface area contributed by atoms with Crippen molar-refractivity contribution in [2.24, 2.45) is 5.73 Å². The van der Waals surface area contributed by atoms with Gasteiger partial charge in [-0.3, -0.25) is 0 Å². The summed E-state index contributed by atoms with van der Waals surface area (Å²) in [5.41, 5.74) is 6.41. The van der Waals surface area contributed by atoms with Crippen molar-refractivity contribution in [1.82, 2.24) is 9.55 Å². The minimum atomic E-state index is 0.499. The lowest BCUT2D eigenvalue weighted by atomic mass is 10.4. The zero-order valence-corrected chi connectivity index (χ0v) is 9.88. The lowest BCUT2D eigenvalue weighted by molar-refractivity contribution is 0.806. The van der Waals surface area contributed by atoms with Crippen LogP contribution < -0.4 is 5.73 Å². The Kier molecular flexibility index (Phi) is 3.00. The Labute approximate surface area is 94.7 Å². The van der Waals surface area contributed by atoms with Gasteiger partial charge in [-0.15, -0.1) is 11.3 Å². The zero-order chi connectivity index (χ0) is 9.97. The molecule has 0 amide bonds. The molecule has 0 aliphatic rings. The first kappa shape index (κ1) is 9.89. The van der Waals surface area contributed by atoms with Gasteiger partial charge in [0, 0.05) is 22.1 Å². The molecule has 0 saturated carbocycles. The third-order valence-electron chi connectivity index (χ3n) is 1.91. The molecule has 0 fully saturated rings. The summed E-state index contributed by atoms with van der Waals surface area (Å²) < 4.78 is 3.20. The predicted octanol–water partition coefficient (Wildman–Crippen LogP) is 2.21. The van der Waals surface area contributed by atoms with E-state index in [2.05, 4.69) is 32.4 Å². The van der Waals surface area contributed by atoms with Crippen LogP contribution in [0.3, 0.4) is 0 Å². The van der Waals surface area contributed by atoms with Crippen LogP contribution in [0.25, 0.3) is 0 Å². The Morgan fingerprint density at radius 2 is 2.43 bits per heavy atom. The van der Waals surface area contributed by atoms with Gasteiger partial charge in [0.05, 0.1) is 18.6 Å². The van der Waals surface area contributed by atoms with Crippen molar-refractivity contribution in [3.8, 4) is 0 Å². The van der Waals surface area contributed by atoms with Gasteiger partial charge in [0.1, 0.15) is 0 Å². The van der Waals surface area contributed by atoms with Gasteiger partial charge < -0.3 is 10.3 Å². The number of rotatable bonds is 3. The first-order valence-corrected chi connectivity index (χ1v) is 5.89. The zero-order valence-electron chi connectivity index (χ0n) is 7.48. The number of thiophene rings is 1. The van der Waals surface area contributed by atoms with Crippen molar-refractivity contribution in [1.29, 1.82) is 0 Å². The molecule has 0 atom stereocenters. The Hall–Kier alpha value is -0.650. The molecule has 0 unspecified atom stereocenters. The van der Waals surface area contributed by atoms with E-state index >= 15 is 0 Å². The number of nitrogens with zero attached hydrogens (tertiary/aromatic N) is 2. The van der Waals surface area contributed by atoms with E-state index in [0.717, 1.165) is 16.7 Å². The van der Waals surface area contributed by atoms with Crippen LogP contribution in [-0.4, -0.2) is 9.55 Å². The summed E-state index contributed by atoms with van der Waals surface area (Å²) in [6, 6.07) is 2.06. The quantitative estimate of drug-likeness (QED) is 0.931. The van der Waals surface area contributed by atoms with E-state index in [-0.39, 0.29) is 0 Å². The van der Waals surface area contributed by atoms with Gasteiger partial charge in [0.2, 0.25) is 0 Å². The van der Waals surface area contributed by atoms with Crippen LogP contribution >= 0.6 is 27.3 Å². The van der Waals surface area contributed by atoms with Crippen LogP contribution in [0.1, 0.15) is 10.6 Å². The highest BCUT2D eigenvalue weighted by Crippen LogP contribution is 2.23. The fourth-order valence-electron chi connectivity index (χ4n) is 1.20. The molecule has 0 radical (unpaired) electrons. The van der Waals surface area contributed by atoms with E-state index in [1.807, 2.05) is 17.1 Å². The number of imidazole rings is 1. The number of nitrogens with two attached hydrogens (primary N) is 1. The van der Waals surface area contributed by atoms with Crippen molar-refractivity contribution in [3.05, 3.63) is 39.0 Å². The average Bonchev–Trinajstić information content (AvgIpc) is 2.77. The summed E-state index contributed by atoms with van der Waals surface area (Å²) >= 11 is 5.23. The van der Waals surface area contributed by atoms with Gasteiger partial charge in [-0.05, 0) is 27.4 Å². The van der Waals surface area contributed by atoms with Crippen LogP contribution in [0.4, 0.5) is 0 Å². The van der Waals surface area contributed by atoms with E-state index in [1.165, 1.54) is 4.88 Å². The third kappa shape index (κ3) is 2.05. The molecule has 2 rings (SSSR count). The van der Waals surface area contributed by atoms with Crippen molar-refractivity contribution in [2.75, 3.05) is 0 Å². The maximum atomic E-state index is 5.48. The first-order chi connectivity index (χ1) is 6.79. The minimum Gasteiger partial charge on any atom is -0.332 e. The van der Waals surface area contributed by atoms with Gasteiger partial charge in [-0.2, -0.15) is 0 Å². The molecule has 14 heavy (non-hydrogen) atoms. The molecule has 0 bridgehead atoms. The molecule has 0 aromatic carbocycles. The normalized spacial score (nSPS) is 10.7. The fraction of sp³-hybridized carbons (Fsp3) is 0.222. The van der Waals surface area contributed by atoms with Crippen LogP contribution in [0.2, 0.25) is 0 Å². The lowest BCUT2D eigenvalue weighted by Gasteiger charge is -1.99. The molecule has 2 aromatic heterocycles. The van der Waals surface area contributed by atoms with Gasteiger partial charge in [-0.1, -0.05) is 0 Å². The second kappa shape index (κ2) is 4.25. The van der Waals surface area contributed by atoms with Gasteiger partial charge in [0.25, 0.3) is 0 Å². The standard InChI is InChI=1S/C9H10BrN3S/c10-8-1-2-14-9(8)5-13-4-7(3-11)12-6-13/h1-2,4,6H,3,5,11H2. The Morgan fingerprint density at radius 3 is 3.00 bits per heavy atom. The molecule has 2 aromatic rings. The summed E-state index contributed by atoms with van der Waals surface area (Å²) in [6.07, 6.45) is 3.79. The van der Waals surface area contributed by atoms with Crippen LogP contribution in [0.5, 0.6) is 0 Å². The highest BCUT2D eigenvalue weighted by atomic mass is 79.9. The fourth-order valence-corrected chi connectivity index (χ4v) is 2.69. The molecular weight excluding hydrogens is 262 g/mol. The highest BCUT2D eigenvalue weighted by molar-refractivity contribution is 9.10. The molecule has 2 N–H and O–H groups in total. The van der Waals surface area contributed by atoms with E-state index in [4.69, 9.17) is 5.73 Å². The van der Waals surface area contributed by atoms with E-state index in [1.54, 1.807) is 11.3 Å². The Balaban J connectivity index is 2.15. The molecule has 2 heterocycles. The smallest absolute Gasteiger partial charge is 0.0953 e. The van der Waals surface area contributed by atoms with E-state index in [0.29, 0.717) is 6.54 Å². The minimum absolute atomic E-state index is 0.499. The molecule has 0 aliphatic carbocycles. The summed E-state index contributed by atoms with van der Waals surface area (Å²) in [6.45, 7) is 1.35. The van der Waals surface area contributed by atoms with E-state index in [9.17, 15) is 0 Å². The van der Waals surface area contributed by atoms with E-state index < -0.39 is 0 Å². The summed E-state index contributed by atoms with van der Waals surface area (Å²) in [5, 5.41) is 2.07. The number of hydrogen-bond donors (Lipinski definition) is 1. The Bertz CT molecular complexity index is 421. The predicted molar refractivity (Wildman–Crippen MR) is 61.2 cm³/mol. The maximum Gasteiger partial charge on any atom is 0.0953 e. The van der Waals surface area contributed by atoms with Crippen LogP contribution in [0, 0.1) is 0 Å². The molecule has 5 heteroatoms. The molecule has 0 aliphatic heterocycles. The van der Waals surface area contributed by atoms with Gasteiger partial charge in [0.15, 0.2) is 0 Å². The van der Waals surface area contributed by atoms with Crippen molar-refractivity contribution < 1.29 is 0 Å². The van der Waals surface area contributed by atoms with Crippen molar-refractivity contribution in [3.63, 3.8) is 0 Å². The highest BCUT2D eigenvalue weighted by Gasteiger charge is 2.02. The maximum absolute atomic E-state index is 5.48. The lowest BCUT2D eigenvalue weighted by Crippen LogP contribution is -1.97. The van der Waals surface area contributed by atoms with Crippen LogP contribution in [0.15, 0.2) is 28.4 Å². The summed E-state index contributed by atoms with van der Waals surface area (Å²) in [7, 11) is 0. The largest absolute Gasteiger partial charge is 0.332 e. The summed E-state index contributed by atoms with van der Waals surface area (Å²) in [5.74, 6) is 0. The topological polar surface area (TPSA) is 43.8 Å². The average molecular weight is 272 g/mol. The van der Waals surface area contributed by atoms with Crippen LogP contribution in [-0.2, 0) is 13.1 Å².